The molecule has 27 heavy (non-hydrogen) atoms. The molecule has 0 unspecified atom stereocenters. The van der Waals surface area contributed by atoms with Crippen LogP contribution in [0.1, 0.15) is 10.5 Å². The molecule has 9 nitrogen and oxygen atoms in total. The minimum atomic E-state index is 0.167. The summed E-state index contributed by atoms with van der Waals surface area (Å²) in [6, 6.07) is 7.54. The predicted molar refractivity (Wildman–Crippen MR) is 108 cm³/mol. The molecule has 0 radical (unpaired) electrons. The summed E-state index contributed by atoms with van der Waals surface area (Å²) in [4.78, 5) is 25.1. The number of rotatable bonds is 5. The first kappa shape index (κ1) is 17.6. The van der Waals surface area contributed by atoms with Gasteiger partial charge in [0.25, 0.3) is 0 Å². The number of morpholine rings is 1. The summed E-state index contributed by atoms with van der Waals surface area (Å²) in [6.45, 7) is 2.79. The first-order chi connectivity index (χ1) is 13.1. The van der Waals surface area contributed by atoms with E-state index in [9.17, 15) is 4.79 Å². The molecule has 3 aromatic rings. The average molecular weight is 432 g/mol. The highest BCUT2D eigenvalue weighted by Crippen LogP contribution is 2.29. The zero-order valence-corrected chi connectivity index (χ0v) is 15.9. The Bertz CT molecular complexity index is 985. The number of aromatic amines is 1. The van der Waals surface area contributed by atoms with Crippen molar-refractivity contribution in [1.29, 1.82) is 0 Å². The van der Waals surface area contributed by atoms with E-state index in [1.54, 1.807) is 6.07 Å². The smallest absolute Gasteiger partial charge is 0.224 e. The molecule has 0 spiro atoms. The first-order valence-corrected chi connectivity index (χ1v) is 9.19. The molecule has 0 bridgehead atoms. The number of nitrogens with two attached hydrogens (primary N) is 1. The van der Waals surface area contributed by atoms with Crippen molar-refractivity contribution < 1.29 is 9.53 Å². The van der Waals surface area contributed by atoms with Crippen molar-refractivity contribution in [2.75, 3.05) is 47.8 Å². The van der Waals surface area contributed by atoms with Crippen LogP contribution in [-0.2, 0) is 4.74 Å². The van der Waals surface area contributed by atoms with E-state index in [4.69, 9.17) is 10.5 Å². The number of H-pyrrole nitrogens is 1. The van der Waals surface area contributed by atoms with Crippen LogP contribution >= 0.6 is 15.9 Å². The highest BCUT2D eigenvalue weighted by molar-refractivity contribution is 9.10. The molecule has 140 valence electrons. The van der Waals surface area contributed by atoms with E-state index in [2.05, 4.69) is 46.6 Å². The number of hydrogen-bond donors (Lipinski definition) is 4. The molecule has 2 aromatic heterocycles. The van der Waals surface area contributed by atoms with Crippen molar-refractivity contribution in [2.24, 2.45) is 0 Å². The van der Waals surface area contributed by atoms with Gasteiger partial charge in [-0.1, -0.05) is 15.9 Å². The molecule has 0 saturated carbocycles. The number of aromatic nitrogens is 3. The maximum absolute atomic E-state index is 11.4. The van der Waals surface area contributed by atoms with Gasteiger partial charge < -0.3 is 20.4 Å². The van der Waals surface area contributed by atoms with Gasteiger partial charge in [-0.3, -0.25) is 15.6 Å². The molecule has 1 aromatic carbocycles. The van der Waals surface area contributed by atoms with Crippen molar-refractivity contribution in [3.63, 3.8) is 0 Å². The molecule has 0 amide bonds. The second-order valence-corrected chi connectivity index (χ2v) is 6.96. The number of anilines is 4. The Hall–Kier alpha value is -2.85. The molecule has 3 heterocycles. The minimum Gasteiger partial charge on any atom is -0.378 e. The van der Waals surface area contributed by atoms with E-state index in [0.717, 1.165) is 40.6 Å². The number of nitrogens with one attached hydrogen (secondary N) is 3. The van der Waals surface area contributed by atoms with Crippen molar-refractivity contribution in [2.45, 2.75) is 0 Å². The second kappa shape index (κ2) is 7.41. The van der Waals surface area contributed by atoms with E-state index < -0.39 is 0 Å². The van der Waals surface area contributed by atoms with Crippen LogP contribution in [0.5, 0.6) is 0 Å². The molecule has 1 aliphatic rings. The summed E-state index contributed by atoms with van der Waals surface area (Å²) >= 11 is 3.45. The van der Waals surface area contributed by atoms with E-state index in [1.807, 2.05) is 18.2 Å². The lowest BCUT2D eigenvalue weighted by molar-refractivity contribution is 0.112. The number of hydrazine groups is 1. The number of fused-ring (bicyclic) bond motifs is 1. The summed E-state index contributed by atoms with van der Waals surface area (Å²) in [6.07, 6.45) is 0.769. The Morgan fingerprint density at radius 3 is 2.81 bits per heavy atom. The van der Waals surface area contributed by atoms with Gasteiger partial charge in [0.05, 0.1) is 18.9 Å². The van der Waals surface area contributed by atoms with Gasteiger partial charge >= 0.3 is 0 Å². The lowest BCUT2D eigenvalue weighted by Crippen LogP contribution is -2.37. The van der Waals surface area contributed by atoms with Crippen LogP contribution in [0.2, 0.25) is 0 Å². The van der Waals surface area contributed by atoms with Gasteiger partial charge in [0.2, 0.25) is 5.95 Å². The number of ether oxygens (including phenoxy) is 1. The van der Waals surface area contributed by atoms with Crippen LogP contribution in [0.4, 0.5) is 23.3 Å². The predicted octanol–water partition coefficient (Wildman–Crippen LogP) is 2.39. The highest BCUT2D eigenvalue weighted by Gasteiger charge is 2.15. The normalized spacial score (nSPS) is 14.3. The Labute approximate surface area is 163 Å². The first-order valence-electron chi connectivity index (χ1n) is 8.40. The maximum Gasteiger partial charge on any atom is 0.224 e. The Balaban J connectivity index is 1.60. The minimum absolute atomic E-state index is 0.167. The fourth-order valence-electron chi connectivity index (χ4n) is 3.01. The third-order valence-electron chi connectivity index (χ3n) is 4.29. The van der Waals surface area contributed by atoms with E-state index in [1.165, 1.54) is 0 Å². The summed E-state index contributed by atoms with van der Waals surface area (Å²) < 4.78 is 6.28. The van der Waals surface area contributed by atoms with Crippen LogP contribution in [0.15, 0.2) is 28.7 Å². The standard InChI is InChI=1S/C17H18BrN7O2/c18-10-1-2-12-11(7-10)16(13(9-26)20-12)24-23-14-8-15(22-17(19)21-14)25-3-5-27-6-4-25/h1-2,7-9,20,24H,3-6H2,(H3,19,21,22,23). The SMILES string of the molecule is Nc1nc(NNc2c(C=O)[nH]c3ccc(Br)cc23)cc(N2CCOCC2)n1. The molecule has 0 aliphatic carbocycles. The van der Waals surface area contributed by atoms with Gasteiger partial charge in [-0.25, -0.2) is 0 Å². The molecular weight excluding hydrogens is 414 g/mol. The quantitative estimate of drug-likeness (QED) is 0.358. The zero-order valence-electron chi connectivity index (χ0n) is 14.3. The lowest BCUT2D eigenvalue weighted by atomic mass is 10.2. The number of nitrogens with zero attached hydrogens (tertiary/aromatic N) is 3. The molecule has 1 saturated heterocycles. The summed E-state index contributed by atoms with van der Waals surface area (Å²) in [5.74, 6) is 1.40. The zero-order chi connectivity index (χ0) is 18.8. The van der Waals surface area contributed by atoms with Crippen molar-refractivity contribution in [3.05, 3.63) is 34.4 Å². The Morgan fingerprint density at radius 1 is 1.22 bits per heavy atom. The topological polar surface area (TPSA) is 121 Å². The van der Waals surface area contributed by atoms with Crippen molar-refractivity contribution in [3.8, 4) is 0 Å². The maximum atomic E-state index is 11.4. The van der Waals surface area contributed by atoms with Gasteiger partial charge in [0.15, 0.2) is 12.1 Å². The van der Waals surface area contributed by atoms with E-state index in [0.29, 0.717) is 30.4 Å². The fourth-order valence-corrected chi connectivity index (χ4v) is 3.37. The Morgan fingerprint density at radius 2 is 2.04 bits per heavy atom. The van der Waals surface area contributed by atoms with Gasteiger partial charge in [-0.15, -0.1) is 0 Å². The van der Waals surface area contributed by atoms with Crippen molar-refractivity contribution >= 4 is 56.4 Å². The summed E-state index contributed by atoms with van der Waals surface area (Å²) in [5.41, 5.74) is 13.9. The number of nitrogen functional groups attached to an aromatic ring is 1. The second-order valence-electron chi connectivity index (χ2n) is 6.04. The number of benzene rings is 1. The molecule has 5 N–H and O–H groups in total. The highest BCUT2D eigenvalue weighted by atomic mass is 79.9. The van der Waals surface area contributed by atoms with Crippen LogP contribution in [0.3, 0.4) is 0 Å². The lowest BCUT2D eigenvalue weighted by Gasteiger charge is -2.28. The van der Waals surface area contributed by atoms with Crippen LogP contribution < -0.4 is 21.5 Å². The molecule has 10 heteroatoms. The number of carbonyl (C=O) groups excluding carboxylic acids is 1. The van der Waals surface area contributed by atoms with Gasteiger partial charge in [0, 0.05) is 34.5 Å². The molecule has 1 fully saturated rings. The number of halogens is 1. The Kier molecular flexibility index (Phi) is 4.82. The van der Waals surface area contributed by atoms with Gasteiger partial charge in [-0.05, 0) is 18.2 Å². The van der Waals surface area contributed by atoms with Gasteiger partial charge in [-0.2, -0.15) is 9.97 Å². The largest absolute Gasteiger partial charge is 0.378 e. The van der Waals surface area contributed by atoms with E-state index >= 15 is 0 Å². The van der Waals surface area contributed by atoms with Gasteiger partial charge in [0.1, 0.15) is 11.5 Å². The summed E-state index contributed by atoms with van der Waals surface area (Å²) in [7, 11) is 0. The third-order valence-corrected chi connectivity index (χ3v) is 4.78. The third kappa shape index (κ3) is 3.67. The fraction of sp³-hybridized carbons (Fsp3) is 0.235. The average Bonchev–Trinajstić information content (AvgIpc) is 3.03. The molecule has 0 atom stereocenters. The molecule has 1 aliphatic heterocycles. The van der Waals surface area contributed by atoms with E-state index in [-0.39, 0.29) is 5.95 Å². The summed E-state index contributed by atoms with van der Waals surface area (Å²) in [5, 5.41) is 0.870. The molecule has 4 rings (SSSR count). The number of carbonyl (C=O) groups is 1. The van der Waals surface area contributed by atoms with Crippen LogP contribution in [-0.4, -0.2) is 47.5 Å². The monoisotopic (exact) mass is 431 g/mol. The van der Waals surface area contributed by atoms with Crippen LogP contribution in [0, 0.1) is 0 Å². The van der Waals surface area contributed by atoms with Crippen molar-refractivity contribution in [1.82, 2.24) is 15.0 Å². The molecular formula is C17H18BrN7O2. The number of aldehydes is 1. The van der Waals surface area contributed by atoms with Crippen LogP contribution in [0.25, 0.3) is 10.9 Å². The number of hydrogen-bond acceptors (Lipinski definition) is 8.